The van der Waals surface area contributed by atoms with Gasteiger partial charge in [0.1, 0.15) is 18.1 Å². The number of carbonyl (C=O) groups is 1. The van der Waals surface area contributed by atoms with Gasteiger partial charge < -0.3 is 14.2 Å². The summed E-state index contributed by atoms with van der Waals surface area (Å²) < 4.78 is 21.2. The smallest absolute Gasteiger partial charge is 0.338 e. The van der Waals surface area contributed by atoms with Crippen LogP contribution in [0.5, 0.6) is 11.5 Å². The summed E-state index contributed by atoms with van der Waals surface area (Å²) in [6.45, 7) is 4.57. The molecule has 0 radical (unpaired) electrons. The van der Waals surface area contributed by atoms with Gasteiger partial charge in [0.05, 0.1) is 48.7 Å². The maximum atomic E-state index is 14.5. The van der Waals surface area contributed by atoms with Gasteiger partial charge in [-0.05, 0) is 90.0 Å². The number of aromatic nitrogens is 1. The summed E-state index contributed by atoms with van der Waals surface area (Å²) in [7, 11) is 0. The van der Waals surface area contributed by atoms with Crippen molar-refractivity contribution in [3.05, 3.63) is 151 Å². The predicted molar refractivity (Wildman–Crippen MR) is 206 cm³/mol. The molecule has 7 nitrogen and oxygen atoms in total. The summed E-state index contributed by atoms with van der Waals surface area (Å²) in [5, 5.41) is 0.901. The highest BCUT2D eigenvalue weighted by Gasteiger charge is 2.35. The van der Waals surface area contributed by atoms with E-state index in [1.54, 1.807) is 29.7 Å². The Balaban J connectivity index is 1.54. The second kappa shape index (κ2) is 15.6. The Kier molecular flexibility index (Phi) is 11.3. The van der Waals surface area contributed by atoms with Crippen LogP contribution in [0.3, 0.4) is 0 Å². The van der Waals surface area contributed by atoms with Crippen LogP contribution in [0.4, 0.5) is 0 Å². The lowest BCUT2D eigenvalue weighted by molar-refractivity contribution is -0.138. The highest BCUT2D eigenvalue weighted by molar-refractivity contribution is 14.1. The zero-order valence-electron chi connectivity index (χ0n) is 26.2. The first-order chi connectivity index (χ1) is 23.7. The molecule has 0 aliphatic carbocycles. The molecular formula is C37H28BrCl2IN2O5S. The first kappa shape index (κ1) is 35.4. The van der Waals surface area contributed by atoms with E-state index in [2.05, 4.69) is 38.5 Å². The third-order valence-electron chi connectivity index (χ3n) is 7.57. The van der Waals surface area contributed by atoms with Gasteiger partial charge in [0.25, 0.3) is 5.56 Å². The van der Waals surface area contributed by atoms with Crippen LogP contribution < -0.4 is 24.4 Å². The molecule has 1 aliphatic heterocycles. The number of benzene rings is 4. The molecule has 1 atom stereocenters. The highest BCUT2D eigenvalue weighted by Crippen LogP contribution is 2.36. The molecule has 0 saturated carbocycles. The summed E-state index contributed by atoms with van der Waals surface area (Å²) in [6, 6.07) is 25.2. The molecule has 0 saturated heterocycles. The first-order valence-corrected chi connectivity index (χ1v) is 18.7. The Labute approximate surface area is 318 Å². The van der Waals surface area contributed by atoms with Crippen molar-refractivity contribution < 1.29 is 19.0 Å². The fraction of sp³-hybridized carbons (Fsp3) is 0.162. The maximum absolute atomic E-state index is 14.5. The molecule has 0 amide bonds. The first-order valence-electron chi connectivity index (χ1n) is 15.3. The summed E-state index contributed by atoms with van der Waals surface area (Å²) in [4.78, 5) is 33.6. The number of rotatable bonds is 10. The van der Waals surface area contributed by atoms with Crippen molar-refractivity contribution in [3.8, 4) is 11.5 Å². The molecular weight excluding hydrogens is 862 g/mol. The quantitative estimate of drug-likeness (QED) is 0.104. The van der Waals surface area contributed by atoms with E-state index in [-0.39, 0.29) is 24.3 Å². The van der Waals surface area contributed by atoms with E-state index < -0.39 is 12.0 Å². The van der Waals surface area contributed by atoms with E-state index in [9.17, 15) is 9.59 Å². The molecule has 4 aromatic carbocycles. The largest absolute Gasteiger partial charge is 0.494 e. The van der Waals surface area contributed by atoms with Crippen LogP contribution in [0.25, 0.3) is 11.8 Å². The number of thiazole rings is 1. The van der Waals surface area contributed by atoms with Gasteiger partial charge in [0.2, 0.25) is 0 Å². The number of halogens is 4. The number of hydrogen-bond donors (Lipinski definition) is 0. The van der Waals surface area contributed by atoms with Gasteiger partial charge in [-0.1, -0.05) is 99.0 Å². The van der Waals surface area contributed by atoms with Gasteiger partial charge >= 0.3 is 5.97 Å². The lowest BCUT2D eigenvalue weighted by Gasteiger charge is -2.26. The van der Waals surface area contributed by atoms with Crippen molar-refractivity contribution in [2.45, 2.75) is 26.5 Å². The molecule has 49 heavy (non-hydrogen) atoms. The Bertz CT molecular complexity index is 2260. The van der Waals surface area contributed by atoms with Gasteiger partial charge in [0, 0.05) is 15.6 Å². The second-order valence-corrected chi connectivity index (χ2v) is 14.7. The van der Waals surface area contributed by atoms with Crippen molar-refractivity contribution in [2.24, 2.45) is 4.99 Å². The van der Waals surface area contributed by atoms with Crippen molar-refractivity contribution in [1.29, 1.82) is 0 Å². The zero-order valence-corrected chi connectivity index (χ0v) is 32.3. The van der Waals surface area contributed by atoms with Crippen molar-refractivity contribution in [1.82, 2.24) is 4.57 Å². The molecule has 1 aromatic heterocycles. The molecule has 0 unspecified atom stereocenters. The number of ether oxygens (including phenoxy) is 3. The number of nitrogens with zero attached hydrogens (tertiary/aromatic N) is 2. The molecule has 0 N–H and O–H groups in total. The molecule has 5 aromatic rings. The van der Waals surface area contributed by atoms with E-state index in [0.717, 1.165) is 19.2 Å². The van der Waals surface area contributed by atoms with Gasteiger partial charge in [-0.3, -0.25) is 9.36 Å². The van der Waals surface area contributed by atoms with Crippen LogP contribution in [-0.4, -0.2) is 23.8 Å². The fourth-order valence-electron chi connectivity index (χ4n) is 5.43. The van der Waals surface area contributed by atoms with Gasteiger partial charge in [-0.15, -0.1) is 0 Å². The highest BCUT2D eigenvalue weighted by atomic mass is 127. The Hall–Kier alpha value is -3.42. The maximum Gasteiger partial charge on any atom is 0.338 e. The van der Waals surface area contributed by atoms with Crippen molar-refractivity contribution in [3.63, 3.8) is 0 Å². The SMILES string of the molecule is CCOC(=O)C1=C(c2ccccc2)N=c2s/c(=C\c3cc(Br)cc(I)c3OCc3ccc(Cl)c(Cl)c3)c(=O)n2[C@H]1c1ccc(OCC)cc1. The minimum Gasteiger partial charge on any atom is -0.494 e. The lowest BCUT2D eigenvalue weighted by atomic mass is 9.93. The van der Waals surface area contributed by atoms with Crippen LogP contribution in [0.15, 0.2) is 105 Å². The molecule has 12 heteroatoms. The van der Waals surface area contributed by atoms with Crippen LogP contribution in [0, 0.1) is 3.57 Å². The zero-order chi connectivity index (χ0) is 34.7. The summed E-state index contributed by atoms with van der Waals surface area (Å²) in [5.41, 5.74) is 3.40. The molecule has 0 fully saturated rings. The van der Waals surface area contributed by atoms with E-state index in [0.29, 0.717) is 54.3 Å². The van der Waals surface area contributed by atoms with Crippen molar-refractivity contribution in [2.75, 3.05) is 13.2 Å². The minimum atomic E-state index is -0.809. The number of hydrogen-bond acceptors (Lipinski definition) is 7. The van der Waals surface area contributed by atoms with Gasteiger partial charge in [0.15, 0.2) is 4.80 Å². The third-order valence-corrected chi connectivity index (χ3v) is 10.6. The van der Waals surface area contributed by atoms with Gasteiger partial charge in [-0.25, -0.2) is 9.79 Å². The molecule has 6 rings (SSSR count). The average Bonchev–Trinajstić information content (AvgIpc) is 3.40. The number of fused-ring (bicyclic) bond motifs is 1. The van der Waals surface area contributed by atoms with Crippen LogP contribution in [0.2, 0.25) is 10.0 Å². The number of carbonyl (C=O) groups excluding carboxylic acids is 1. The summed E-state index contributed by atoms with van der Waals surface area (Å²) in [5.74, 6) is 0.736. The molecule has 250 valence electrons. The lowest BCUT2D eigenvalue weighted by Crippen LogP contribution is -2.40. The number of esters is 1. The monoisotopic (exact) mass is 888 g/mol. The van der Waals surface area contributed by atoms with E-state index >= 15 is 0 Å². The minimum absolute atomic E-state index is 0.164. The van der Waals surface area contributed by atoms with E-state index in [1.165, 1.54) is 11.3 Å². The Morgan fingerprint density at radius 2 is 1.73 bits per heavy atom. The average molecular weight is 890 g/mol. The fourth-order valence-corrected chi connectivity index (χ4v) is 8.45. The molecule has 0 spiro atoms. The standard InChI is InChI=1S/C37H28BrCl2IN2O5S/c1-3-46-26-13-11-23(12-14-26)33-31(36(45)47-4-2)32(22-8-6-5-7-9-22)42-37-43(33)35(44)30(49-37)18-24-17-25(38)19-29(41)34(24)48-20-21-10-15-27(39)28(40)16-21/h5-19,33H,3-4,20H2,1-2H3/b30-18-/t33-/m0/s1. The molecule has 0 bridgehead atoms. The summed E-state index contributed by atoms with van der Waals surface area (Å²) in [6.07, 6.45) is 1.80. The molecule has 2 heterocycles. The third kappa shape index (κ3) is 7.68. The normalized spacial score (nSPS) is 14.3. The van der Waals surface area contributed by atoms with E-state index in [4.69, 9.17) is 42.4 Å². The Morgan fingerprint density at radius 3 is 2.43 bits per heavy atom. The van der Waals surface area contributed by atoms with Gasteiger partial charge in [-0.2, -0.15) is 0 Å². The van der Waals surface area contributed by atoms with Crippen LogP contribution in [-0.2, 0) is 16.1 Å². The van der Waals surface area contributed by atoms with Crippen LogP contribution >= 0.6 is 73.1 Å². The summed E-state index contributed by atoms with van der Waals surface area (Å²) >= 11 is 19.4. The predicted octanol–water partition coefficient (Wildman–Crippen LogP) is 8.59. The van der Waals surface area contributed by atoms with Crippen LogP contribution in [0.1, 0.15) is 42.1 Å². The second-order valence-electron chi connectivity index (χ2n) is 10.8. The topological polar surface area (TPSA) is 79.1 Å². The van der Waals surface area contributed by atoms with Crippen molar-refractivity contribution >= 4 is 90.8 Å². The molecule has 1 aliphatic rings. The van der Waals surface area contributed by atoms with E-state index in [1.807, 2.05) is 79.7 Å². The Morgan fingerprint density at radius 1 is 0.980 bits per heavy atom.